The van der Waals surface area contributed by atoms with Crippen molar-refractivity contribution >= 4 is 16.7 Å². The zero-order valence-corrected chi connectivity index (χ0v) is 12.3. The van der Waals surface area contributed by atoms with Crippen LogP contribution in [0.3, 0.4) is 0 Å². The van der Waals surface area contributed by atoms with Gasteiger partial charge in [-0.05, 0) is 36.6 Å². The predicted molar refractivity (Wildman–Crippen MR) is 84.1 cm³/mol. The fraction of sp³-hybridized carbons (Fsp3) is 0.250. The quantitative estimate of drug-likeness (QED) is 0.532. The monoisotopic (exact) mass is 296 g/mol. The van der Waals surface area contributed by atoms with Crippen LogP contribution in [-0.4, -0.2) is 19.9 Å². The lowest BCUT2D eigenvalue weighted by molar-refractivity contribution is -0.384. The summed E-state index contributed by atoms with van der Waals surface area (Å²) in [6.45, 7) is 2.16. The number of hydrogen-bond donors (Lipinski definition) is 0. The van der Waals surface area contributed by atoms with Crippen molar-refractivity contribution in [3.05, 3.63) is 58.1 Å². The molecule has 0 fully saturated rings. The summed E-state index contributed by atoms with van der Waals surface area (Å²) in [6, 6.07) is 12.4. The minimum Gasteiger partial charge on any atom is -0.258 e. The zero-order valence-electron chi connectivity index (χ0n) is 12.3. The number of aromatic nitrogens is 3. The molecular weight excluding hydrogens is 280 g/mol. The van der Waals surface area contributed by atoms with Gasteiger partial charge >= 0.3 is 0 Å². The minimum atomic E-state index is -0.407. The average molecular weight is 296 g/mol. The number of unbranched alkanes of at least 4 members (excludes halogenated alkanes) is 1. The molecule has 0 aliphatic carbocycles. The predicted octanol–water partition coefficient (Wildman–Crippen LogP) is 3.67. The van der Waals surface area contributed by atoms with Gasteiger partial charge in [0.05, 0.1) is 16.1 Å². The Bertz CT molecular complexity index is 809. The summed E-state index contributed by atoms with van der Waals surface area (Å²) in [4.78, 5) is 10.3. The third-order valence-electron chi connectivity index (χ3n) is 3.66. The largest absolute Gasteiger partial charge is 0.269 e. The minimum absolute atomic E-state index is 0.0689. The van der Waals surface area contributed by atoms with E-state index in [-0.39, 0.29) is 5.69 Å². The number of aryl methyl sites for hydroxylation is 1. The Morgan fingerprint density at radius 2 is 1.95 bits per heavy atom. The lowest BCUT2D eigenvalue weighted by Gasteiger charge is -2.06. The standard InChI is InChI=1S/C16H16N4O2/c1-2-3-5-12-6-4-7-15-16(12)19(18-17-15)13-8-10-14(11-9-13)20(21)22/h4,6-11H,2-3,5H2,1H3. The van der Waals surface area contributed by atoms with E-state index in [0.717, 1.165) is 36.0 Å². The molecule has 3 rings (SSSR count). The maximum absolute atomic E-state index is 10.8. The molecule has 22 heavy (non-hydrogen) atoms. The Morgan fingerprint density at radius 3 is 2.64 bits per heavy atom. The van der Waals surface area contributed by atoms with Gasteiger partial charge in [0.2, 0.25) is 0 Å². The van der Waals surface area contributed by atoms with Crippen molar-refractivity contribution in [1.29, 1.82) is 0 Å². The Morgan fingerprint density at radius 1 is 1.18 bits per heavy atom. The van der Waals surface area contributed by atoms with Crippen molar-refractivity contribution in [2.75, 3.05) is 0 Å². The van der Waals surface area contributed by atoms with Crippen LogP contribution in [0.4, 0.5) is 5.69 Å². The maximum Gasteiger partial charge on any atom is 0.269 e. The molecule has 0 N–H and O–H groups in total. The third kappa shape index (κ3) is 2.55. The summed E-state index contributed by atoms with van der Waals surface area (Å²) in [5, 5.41) is 19.2. The molecule has 0 aliphatic rings. The second-order valence-corrected chi connectivity index (χ2v) is 5.16. The summed E-state index contributed by atoms with van der Waals surface area (Å²) in [5.41, 5.74) is 3.86. The Labute approximate surface area is 127 Å². The molecule has 0 bridgehead atoms. The highest BCUT2D eigenvalue weighted by molar-refractivity contribution is 5.80. The number of fused-ring (bicyclic) bond motifs is 1. The molecule has 2 aromatic carbocycles. The van der Waals surface area contributed by atoms with Crippen LogP contribution in [0.5, 0.6) is 0 Å². The van der Waals surface area contributed by atoms with E-state index >= 15 is 0 Å². The van der Waals surface area contributed by atoms with E-state index in [1.165, 1.54) is 17.7 Å². The number of hydrogen-bond acceptors (Lipinski definition) is 4. The SMILES string of the molecule is CCCCc1cccc2nnn(-c3ccc([N+](=O)[O-])cc3)c12. The molecule has 0 spiro atoms. The van der Waals surface area contributed by atoms with Gasteiger partial charge in [0.15, 0.2) is 0 Å². The van der Waals surface area contributed by atoms with Gasteiger partial charge in [-0.1, -0.05) is 30.7 Å². The average Bonchev–Trinajstić information content (AvgIpc) is 2.97. The molecule has 3 aromatic rings. The van der Waals surface area contributed by atoms with E-state index in [4.69, 9.17) is 0 Å². The summed E-state index contributed by atoms with van der Waals surface area (Å²) >= 11 is 0. The number of nitrogens with zero attached hydrogens (tertiary/aromatic N) is 4. The van der Waals surface area contributed by atoms with Crippen LogP contribution in [0.1, 0.15) is 25.3 Å². The molecular formula is C16H16N4O2. The van der Waals surface area contributed by atoms with E-state index < -0.39 is 4.92 Å². The number of rotatable bonds is 5. The summed E-state index contributed by atoms with van der Waals surface area (Å²) in [6.07, 6.45) is 3.19. The number of benzene rings is 2. The van der Waals surface area contributed by atoms with Gasteiger partial charge in [0.1, 0.15) is 5.52 Å². The van der Waals surface area contributed by atoms with Gasteiger partial charge in [-0.15, -0.1) is 5.10 Å². The molecule has 1 heterocycles. The van der Waals surface area contributed by atoms with Crippen LogP contribution in [0.2, 0.25) is 0 Å². The maximum atomic E-state index is 10.8. The van der Waals surface area contributed by atoms with Crippen molar-refractivity contribution < 1.29 is 4.92 Å². The molecule has 6 heteroatoms. The molecule has 0 aliphatic heterocycles. The fourth-order valence-electron chi connectivity index (χ4n) is 2.51. The van der Waals surface area contributed by atoms with Crippen LogP contribution in [0.15, 0.2) is 42.5 Å². The van der Waals surface area contributed by atoms with E-state index in [0.29, 0.717) is 0 Å². The van der Waals surface area contributed by atoms with Crippen LogP contribution >= 0.6 is 0 Å². The Kier molecular flexibility index (Phi) is 3.82. The molecule has 112 valence electrons. The molecule has 0 atom stereocenters. The van der Waals surface area contributed by atoms with E-state index in [2.05, 4.69) is 23.3 Å². The van der Waals surface area contributed by atoms with Crippen LogP contribution in [-0.2, 0) is 6.42 Å². The van der Waals surface area contributed by atoms with Crippen molar-refractivity contribution in [2.24, 2.45) is 0 Å². The summed E-state index contributed by atoms with van der Waals surface area (Å²) in [5.74, 6) is 0. The van der Waals surface area contributed by atoms with Crippen LogP contribution in [0, 0.1) is 10.1 Å². The molecule has 0 saturated carbocycles. The zero-order chi connectivity index (χ0) is 15.5. The summed E-state index contributed by atoms with van der Waals surface area (Å²) in [7, 11) is 0. The molecule has 0 unspecified atom stereocenters. The van der Waals surface area contributed by atoms with Crippen molar-refractivity contribution in [3.8, 4) is 5.69 Å². The normalized spacial score (nSPS) is 11.0. The Balaban J connectivity index is 2.08. The highest BCUT2D eigenvalue weighted by atomic mass is 16.6. The van der Waals surface area contributed by atoms with Gasteiger partial charge in [0, 0.05) is 12.1 Å². The van der Waals surface area contributed by atoms with Crippen LogP contribution in [0.25, 0.3) is 16.7 Å². The van der Waals surface area contributed by atoms with Crippen molar-refractivity contribution in [2.45, 2.75) is 26.2 Å². The highest BCUT2D eigenvalue weighted by Gasteiger charge is 2.12. The third-order valence-corrected chi connectivity index (χ3v) is 3.66. The van der Waals surface area contributed by atoms with Gasteiger partial charge < -0.3 is 0 Å². The number of nitro groups is 1. The molecule has 1 aromatic heterocycles. The van der Waals surface area contributed by atoms with E-state index in [1.54, 1.807) is 16.8 Å². The first-order chi connectivity index (χ1) is 10.7. The smallest absolute Gasteiger partial charge is 0.258 e. The van der Waals surface area contributed by atoms with E-state index in [1.807, 2.05) is 12.1 Å². The van der Waals surface area contributed by atoms with Gasteiger partial charge in [-0.2, -0.15) is 0 Å². The van der Waals surface area contributed by atoms with Gasteiger partial charge in [-0.25, -0.2) is 4.68 Å². The number of para-hydroxylation sites is 1. The van der Waals surface area contributed by atoms with Crippen molar-refractivity contribution in [1.82, 2.24) is 15.0 Å². The first kappa shape index (κ1) is 14.2. The summed E-state index contributed by atoms with van der Waals surface area (Å²) < 4.78 is 1.75. The lowest BCUT2D eigenvalue weighted by Crippen LogP contribution is -1.99. The Hall–Kier alpha value is -2.76. The molecule has 6 nitrogen and oxygen atoms in total. The van der Waals surface area contributed by atoms with Gasteiger partial charge in [-0.3, -0.25) is 10.1 Å². The molecule has 0 radical (unpaired) electrons. The topological polar surface area (TPSA) is 73.8 Å². The first-order valence-electron chi connectivity index (χ1n) is 7.29. The molecule has 0 saturated heterocycles. The number of non-ortho nitro benzene ring substituents is 1. The van der Waals surface area contributed by atoms with Gasteiger partial charge in [0.25, 0.3) is 5.69 Å². The fourth-order valence-corrected chi connectivity index (χ4v) is 2.51. The lowest BCUT2D eigenvalue weighted by atomic mass is 10.1. The highest BCUT2D eigenvalue weighted by Crippen LogP contribution is 2.23. The number of nitro benzene ring substituents is 1. The van der Waals surface area contributed by atoms with Crippen LogP contribution < -0.4 is 0 Å². The second-order valence-electron chi connectivity index (χ2n) is 5.16. The first-order valence-corrected chi connectivity index (χ1v) is 7.29. The molecule has 0 amide bonds. The second kappa shape index (κ2) is 5.93. The van der Waals surface area contributed by atoms with Crippen molar-refractivity contribution in [3.63, 3.8) is 0 Å². The van der Waals surface area contributed by atoms with E-state index in [9.17, 15) is 10.1 Å².